The number of rotatable bonds is 9. The van der Waals surface area contributed by atoms with E-state index in [0.29, 0.717) is 6.42 Å². The molecule has 29 heavy (non-hydrogen) atoms. The Bertz CT molecular complexity index is 744. The molecular weight excluding hydrogens is 380 g/mol. The second-order valence-corrected chi connectivity index (χ2v) is 12.5. The fourth-order valence-corrected chi connectivity index (χ4v) is 8.40. The number of benzene rings is 2. The molecule has 156 valence electrons. The summed E-state index contributed by atoms with van der Waals surface area (Å²) in [6.07, 6.45) is 0.698. The third-order valence-electron chi connectivity index (χ3n) is 5.03. The van der Waals surface area contributed by atoms with Crippen LogP contribution >= 0.6 is 0 Å². The molecule has 1 N–H and O–H groups in total. The summed E-state index contributed by atoms with van der Waals surface area (Å²) in [5.41, 5.74) is 0. The molecule has 0 fully saturated rings. The van der Waals surface area contributed by atoms with Gasteiger partial charge in [-0.25, -0.2) is 0 Å². The molecule has 2 atom stereocenters. The van der Waals surface area contributed by atoms with Gasteiger partial charge in [-0.2, -0.15) is 0 Å². The molecule has 0 amide bonds. The quantitative estimate of drug-likeness (QED) is 0.389. The van der Waals surface area contributed by atoms with Crippen LogP contribution in [-0.4, -0.2) is 38.2 Å². The van der Waals surface area contributed by atoms with Gasteiger partial charge in [0.25, 0.3) is 8.32 Å². The maximum absolute atomic E-state index is 11.2. The number of hydrogen-bond acceptors (Lipinski definition) is 4. The van der Waals surface area contributed by atoms with E-state index in [1.807, 2.05) is 36.4 Å². The van der Waals surface area contributed by atoms with Crippen molar-refractivity contribution >= 4 is 24.7 Å². The van der Waals surface area contributed by atoms with Gasteiger partial charge in [0.15, 0.2) is 0 Å². The van der Waals surface area contributed by atoms with Crippen LogP contribution in [0.4, 0.5) is 0 Å². The molecule has 1 unspecified atom stereocenters. The minimum atomic E-state index is -2.82. The van der Waals surface area contributed by atoms with E-state index in [2.05, 4.69) is 51.6 Å². The van der Waals surface area contributed by atoms with Gasteiger partial charge in [0.2, 0.25) is 0 Å². The first kappa shape index (κ1) is 23.1. The van der Waals surface area contributed by atoms with Crippen molar-refractivity contribution in [3.8, 4) is 0 Å². The number of aliphatic hydroxyl groups is 1. The summed E-state index contributed by atoms with van der Waals surface area (Å²) in [6, 6.07) is 20.5. The monoisotopic (exact) mass is 412 g/mol. The highest BCUT2D eigenvalue weighted by atomic mass is 28.4. The number of carbonyl (C=O) groups excluding carboxylic acids is 1. The van der Waals surface area contributed by atoms with E-state index in [1.165, 1.54) is 6.92 Å². The van der Waals surface area contributed by atoms with Crippen LogP contribution in [0.3, 0.4) is 0 Å². The van der Waals surface area contributed by atoms with Crippen molar-refractivity contribution < 1.29 is 19.1 Å². The molecule has 0 spiro atoms. The molecule has 0 heterocycles. The smallest absolute Gasteiger partial charge is 0.302 e. The fourth-order valence-electron chi connectivity index (χ4n) is 3.68. The second kappa shape index (κ2) is 10.0. The zero-order valence-electron chi connectivity index (χ0n) is 17.8. The normalized spacial score (nSPS) is 14.1. The first-order valence-corrected chi connectivity index (χ1v) is 11.8. The standard InChI is InChI=1S/C24H32O4Si/c1-6-13-23(22(26)18-27-19(2)25)28-29(24(3,4)5,20-14-9-7-10-15-20)21-16-11-8-12-17-21/h6-12,14-17,22-23,26H,1,13,18H2,2-5H3/t22?,23-/m0/s1. The van der Waals surface area contributed by atoms with Gasteiger partial charge in [-0.15, -0.1) is 6.58 Å². The molecule has 0 saturated carbocycles. The number of aliphatic hydroxyl groups excluding tert-OH is 1. The van der Waals surface area contributed by atoms with Gasteiger partial charge in [0, 0.05) is 6.92 Å². The van der Waals surface area contributed by atoms with Gasteiger partial charge in [0.1, 0.15) is 12.7 Å². The molecule has 2 aromatic rings. The predicted octanol–water partition coefficient (Wildman–Crippen LogP) is 3.43. The lowest BCUT2D eigenvalue weighted by Gasteiger charge is -2.45. The fraction of sp³-hybridized carbons (Fsp3) is 0.375. The largest absolute Gasteiger partial charge is 0.463 e. The second-order valence-electron chi connectivity index (χ2n) is 8.21. The van der Waals surface area contributed by atoms with Crippen molar-refractivity contribution in [2.45, 2.75) is 51.4 Å². The lowest BCUT2D eigenvalue weighted by atomic mass is 10.1. The van der Waals surface area contributed by atoms with Crippen LogP contribution < -0.4 is 10.4 Å². The Morgan fingerprint density at radius 3 is 1.93 bits per heavy atom. The minimum absolute atomic E-state index is 0.105. The molecule has 2 rings (SSSR count). The first-order valence-electron chi connectivity index (χ1n) is 9.93. The van der Waals surface area contributed by atoms with Crippen LogP contribution in [0.15, 0.2) is 73.3 Å². The number of carbonyl (C=O) groups is 1. The molecule has 0 bridgehead atoms. The third kappa shape index (κ3) is 5.44. The van der Waals surface area contributed by atoms with Crippen molar-refractivity contribution in [3.63, 3.8) is 0 Å². The SMILES string of the molecule is C=CC[C@H](O[Si](c1ccccc1)(c1ccccc1)C(C)(C)C)C(O)COC(C)=O. The van der Waals surface area contributed by atoms with E-state index in [-0.39, 0.29) is 11.6 Å². The third-order valence-corrected chi connectivity index (χ3v) is 10.1. The van der Waals surface area contributed by atoms with E-state index in [9.17, 15) is 9.90 Å². The van der Waals surface area contributed by atoms with E-state index >= 15 is 0 Å². The van der Waals surface area contributed by atoms with Crippen LogP contribution in [0.25, 0.3) is 0 Å². The number of esters is 1. The van der Waals surface area contributed by atoms with Crippen molar-refractivity contribution in [2.75, 3.05) is 6.61 Å². The number of ether oxygens (including phenoxy) is 1. The molecule has 5 heteroatoms. The lowest BCUT2D eigenvalue weighted by molar-refractivity contribution is -0.145. The van der Waals surface area contributed by atoms with E-state index < -0.39 is 26.5 Å². The summed E-state index contributed by atoms with van der Waals surface area (Å²) in [6.45, 7) is 11.6. The Morgan fingerprint density at radius 2 is 1.55 bits per heavy atom. The van der Waals surface area contributed by atoms with Crippen LogP contribution in [0.2, 0.25) is 5.04 Å². The summed E-state index contributed by atoms with van der Waals surface area (Å²) in [4.78, 5) is 11.2. The van der Waals surface area contributed by atoms with E-state index in [1.54, 1.807) is 6.08 Å². The summed E-state index contributed by atoms with van der Waals surface area (Å²) in [5, 5.41) is 12.8. The zero-order chi connectivity index (χ0) is 21.5. The Kier molecular flexibility index (Phi) is 7.96. The zero-order valence-corrected chi connectivity index (χ0v) is 18.8. The maximum atomic E-state index is 11.2. The van der Waals surface area contributed by atoms with Gasteiger partial charge in [-0.1, -0.05) is 87.5 Å². The molecule has 0 radical (unpaired) electrons. The highest BCUT2D eigenvalue weighted by molar-refractivity contribution is 6.99. The highest BCUT2D eigenvalue weighted by Gasteiger charge is 2.52. The van der Waals surface area contributed by atoms with Gasteiger partial charge in [-0.3, -0.25) is 4.79 Å². The molecule has 0 saturated heterocycles. The van der Waals surface area contributed by atoms with Gasteiger partial charge in [0.05, 0.1) is 6.10 Å². The Morgan fingerprint density at radius 1 is 1.07 bits per heavy atom. The van der Waals surface area contributed by atoms with Crippen LogP contribution in [0.5, 0.6) is 0 Å². The van der Waals surface area contributed by atoms with Crippen molar-refractivity contribution in [2.24, 2.45) is 0 Å². The Labute approximate surface area is 175 Å². The molecule has 2 aromatic carbocycles. The molecule has 0 aliphatic heterocycles. The van der Waals surface area contributed by atoms with Gasteiger partial charge < -0.3 is 14.3 Å². The molecule has 0 aliphatic rings. The summed E-state index contributed by atoms with van der Waals surface area (Å²) < 4.78 is 12.0. The highest BCUT2D eigenvalue weighted by Crippen LogP contribution is 2.38. The van der Waals surface area contributed by atoms with Crippen LogP contribution in [0.1, 0.15) is 34.1 Å². The molecular formula is C24H32O4Si. The van der Waals surface area contributed by atoms with Crippen LogP contribution in [0, 0.1) is 0 Å². The average molecular weight is 413 g/mol. The first-order chi connectivity index (χ1) is 13.7. The summed E-state index contributed by atoms with van der Waals surface area (Å²) >= 11 is 0. The Balaban J connectivity index is 2.59. The van der Waals surface area contributed by atoms with E-state index in [0.717, 1.165) is 10.4 Å². The van der Waals surface area contributed by atoms with Crippen molar-refractivity contribution in [1.29, 1.82) is 0 Å². The van der Waals surface area contributed by atoms with Crippen molar-refractivity contribution in [3.05, 3.63) is 73.3 Å². The summed E-state index contributed by atoms with van der Waals surface area (Å²) in [5.74, 6) is -0.424. The van der Waals surface area contributed by atoms with Crippen LogP contribution in [-0.2, 0) is 14.0 Å². The molecule has 4 nitrogen and oxygen atoms in total. The van der Waals surface area contributed by atoms with E-state index in [4.69, 9.17) is 9.16 Å². The minimum Gasteiger partial charge on any atom is -0.463 e. The average Bonchev–Trinajstić information content (AvgIpc) is 2.69. The molecule has 0 aromatic heterocycles. The summed E-state index contributed by atoms with van der Waals surface area (Å²) in [7, 11) is -2.82. The Hall–Kier alpha value is -2.21. The van der Waals surface area contributed by atoms with Gasteiger partial charge in [-0.05, 0) is 21.8 Å². The number of hydrogen-bond donors (Lipinski definition) is 1. The van der Waals surface area contributed by atoms with Crippen molar-refractivity contribution in [1.82, 2.24) is 0 Å². The maximum Gasteiger partial charge on any atom is 0.302 e. The molecule has 0 aliphatic carbocycles. The predicted molar refractivity (Wildman–Crippen MR) is 120 cm³/mol. The van der Waals surface area contributed by atoms with Gasteiger partial charge >= 0.3 is 5.97 Å². The topological polar surface area (TPSA) is 55.8 Å². The lowest BCUT2D eigenvalue weighted by Crippen LogP contribution is -2.68.